The Morgan fingerprint density at radius 1 is 1.18 bits per heavy atom. The molecule has 0 heterocycles. The number of carbonyl (C=O) groups excluding carboxylic acids is 1. The lowest BCUT2D eigenvalue weighted by Crippen LogP contribution is -2.09. The van der Waals surface area contributed by atoms with Gasteiger partial charge < -0.3 is 13.8 Å². The second-order valence-electron chi connectivity index (χ2n) is 3.26. The van der Waals surface area contributed by atoms with Crippen LogP contribution in [0, 0.1) is 0 Å². The number of ether oxygens (including phenoxy) is 1. The second-order valence-corrected chi connectivity index (χ2v) is 5.53. The highest BCUT2D eigenvalue weighted by Crippen LogP contribution is 2.46. The van der Waals surface area contributed by atoms with Crippen LogP contribution >= 0.6 is 7.60 Å². The maximum atomic E-state index is 11.9. The summed E-state index contributed by atoms with van der Waals surface area (Å²) in [6, 6.07) is 6.73. The van der Waals surface area contributed by atoms with E-state index in [1.54, 1.807) is 24.3 Å². The van der Waals surface area contributed by atoms with Gasteiger partial charge in [0, 0.05) is 14.2 Å². The summed E-state index contributed by atoms with van der Waals surface area (Å²) in [6.07, 6.45) is -0.305. The van der Waals surface area contributed by atoms with Crippen molar-refractivity contribution in [2.45, 2.75) is 0 Å². The zero-order chi connectivity index (χ0) is 12.9. The van der Waals surface area contributed by atoms with Crippen LogP contribution in [-0.2, 0) is 13.6 Å². The Hall–Kier alpha value is -1.16. The zero-order valence-corrected chi connectivity index (χ0v) is 10.9. The van der Waals surface area contributed by atoms with Crippen molar-refractivity contribution in [3.05, 3.63) is 29.8 Å². The molecule has 0 aromatic heterocycles. The van der Waals surface area contributed by atoms with Gasteiger partial charge in [-0.15, -0.1) is 0 Å². The molecule has 0 radical (unpaired) electrons. The van der Waals surface area contributed by atoms with E-state index in [1.807, 2.05) is 0 Å². The molecule has 0 fully saturated rings. The first-order valence-electron chi connectivity index (χ1n) is 4.93. The quantitative estimate of drug-likeness (QED) is 0.579. The summed E-state index contributed by atoms with van der Waals surface area (Å²) in [4.78, 5) is 11.9. The van der Waals surface area contributed by atoms with E-state index >= 15 is 0 Å². The molecule has 0 spiro atoms. The molecule has 0 aliphatic rings. The number of ketones is 1. The molecule has 0 amide bonds. The Morgan fingerprint density at radius 3 is 2.29 bits per heavy atom. The van der Waals surface area contributed by atoms with Crippen molar-refractivity contribution in [1.29, 1.82) is 0 Å². The lowest BCUT2D eigenvalue weighted by molar-refractivity contribution is 0.101. The van der Waals surface area contributed by atoms with E-state index in [9.17, 15) is 9.36 Å². The summed E-state index contributed by atoms with van der Waals surface area (Å²) < 4.78 is 26.3. The van der Waals surface area contributed by atoms with E-state index < -0.39 is 7.60 Å². The minimum Gasteiger partial charge on any atom is -0.496 e. The van der Waals surface area contributed by atoms with Gasteiger partial charge in [-0.1, -0.05) is 12.1 Å². The van der Waals surface area contributed by atoms with E-state index in [1.165, 1.54) is 21.3 Å². The second kappa shape index (κ2) is 5.96. The molecule has 5 nitrogen and oxygen atoms in total. The van der Waals surface area contributed by atoms with Crippen LogP contribution in [0.5, 0.6) is 5.75 Å². The van der Waals surface area contributed by atoms with Gasteiger partial charge in [-0.3, -0.25) is 9.36 Å². The van der Waals surface area contributed by atoms with Crippen LogP contribution < -0.4 is 4.74 Å². The summed E-state index contributed by atoms with van der Waals surface area (Å²) in [5, 5.41) is 0. The van der Waals surface area contributed by atoms with Gasteiger partial charge in [0.1, 0.15) is 11.9 Å². The Morgan fingerprint density at radius 2 is 1.76 bits per heavy atom. The highest BCUT2D eigenvalue weighted by molar-refractivity contribution is 7.54. The minimum atomic E-state index is -3.34. The highest BCUT2D eigenvalue weighted by atomic mass is 31.2. The number of para-hydroxylation sites is 1. The lowest BCUT2D eigenvalue weighted by atomic mass is 10.1. The molecule has 17 heavy (non-hydrogen) atoms. The first kappa shape index (κ1) is 13.9. The van der Waals surface area contributed by atoms with Gasteiger partial charge in [0.05, 0.1) is 12.7 Å². The molecular weight excluding hydrogens is 243 g/mol. The van der Waals surface area contributed by atoms with E-state index in [-0.39, 0.29) is 11.9 Å². The van der Waals surface area contributed by atoms with Crippen LogP contribution in [0.1, 0.15) is 10.4 Å². The number of hydrogen-bond acceptors (Lipinski definition) is 5. The number of benzene rings is 1. The van der Waals surface area contributed by atoms with Crippen molar-refractivity contribution in [3.8, 4) is 5.75 Å². The average Bonchev–Trinajstić information content (AvgIpc) is 2.38. The highest BCUT2D eigenvalue weighted by Gasteiger charge is 2.27. The van der Waals surface area contributed by atoms with Gasteiger partial charge in [-0.05, 0) is 12.1 Å². The molecule has 0 bridgehead atoms. The molecule has 1 rings (SSSR count). The Bertz CT molecular complexity index is 435. The molecule has 0 aliphatic carbocycles. The average molecular weight is 258 g/mol. The Balaban J connectivity index is 2.94. The van der Waals surface area contributed by atoms with Gasteiger partial charge in [0.25, 0.3) is 0 Å². The van der Waals surface area contributed by atoms with Gasteiger partial charge in [-0.25, -0.2) is 0 Å². The molecule has 0 N–H and O–H groups in total. The lowest BCUT2D eigenvalue weighted by Gasteiger charge is -2.13. The zero-order valence-electron chi connectivity index (χ0n) is 10.0. The Labute approximate surface area is 100 Å². The fourth-order valence-corrected chi connectivity index (χ4v) is 2.27. The van der Waals surface area contributed by atoms with Crippen LogP contribution in [-0.4, -0.2) is 33.3 Å². The number of Topliss-reactive ketones (excluding diaryl/α,β-unsaturated/α-hetero) is 1. The number of methoxy groups -OCH3 is 1. The van der Waals surface area contributed by atoms with Crippen LogP contribution in [0.2, 0.25) is 0 Å². The van der Waals surface area contributed by atoms with E-state index in [0.717, 1.165) is 0 Å². The number of hydrogen-bond donors (Lipinski definition) is 0. The smallest absolute Gasteiger partial charge is 0.337 e. The van der Waals surface area contributed by atoms with Gasteiger partial charge in [-0.2, -0.15) is 0 Å². The van der Waals surface area contributed by atoms with Crippen molar-refractivity contribution >= 4 is 13.4 Å². The van der Waals surface area contributed by atoms with Crippen LogP contribution in [0.4, 0.5) is 0 Å². The van der Waals surface area contributed by atoms with Gasteiger partial charge in [0.2, 0.25) is 0 Å². The first-order valence-corrected chi connectivity index (χ1v) is 6.66. The molecular formula is C11H15O5P. The molecule has 0 aliphatic heterocycles. The SMILES string of the molecule is COc1ccccc1C(=O)CP(=O)(OC)OC. The van der Waals surface area contributed by atoms with Crippen molar-refractivity contribution in [3.63, 3.8) is 0 Å². The predicted molar refractivity (Wildman–Crippen MR) is 63.8 cm³/mol. The van der Waals surface area contributed by atoms with Crippen LogP contribution in [0.3, 0.4) is 0 Å². The first-order chi connectivity index (χ1) is 8.06. The standard InChI is InChI=1S/C11H15O5P/c1-14-11-7-5-4-6-9(11)10(12)8-17(13,15-2)16-3/h4-7H,8H2,1-3H3. The molecule has 0 unspecified atom stereocenters. The molecule has 0 saturated carbocycles. The fraction of sp³-hybridized carbons (Fsp3) is 0.364. The third kappa shape index (κ3) is 3.40. The topological polar surface area (TPSA) is 61.8 Å². The maximum Gasteiger partial charge on any atom is 0.337 e. The van der Waals surface area contributed by atoms with Gasteiger partial charge in [0.15, 0.2) is 5.78 Å². The molecule has 0 saturated heterocycles. The van der Waals surface area contributed by atoms with Gasteiger partial charge >= 0.3 is 7.60 Å². The van der Waals surface area contributed by atoms with E-state index in [4.69, 9.17) is 13.8 Å². The maximum absolute atomic E-state index is 11.9. The van der Waals surface area contributed by atoms with Crippen molar-refractivity contribution < 1.29 is 23.1 Å². The summed E-state index contributed by atoms with van der Waals surface area (Å²) in [5.74, 6) is 0.103. The van der Waals surface area contributed by atoms with Crippen LogP contribution in [0.15, 0.2) is 24.3 Å². The van der Waals surface area contributed by atoms with Crippen molar-refractivity contribution in [2.75, 3.05) is 27.5 Å². The number of carbonyl (C=O) groups is 1. The monoisotopic (exact) mass is 258 g/mol. The summed E-state index contributed by atoms with van der Waals surface area (Å²) in [5.41, 5.74) is 0.365. The van der Waals surface area contributed by atoms with Crippen molar-refractivity contribution in [2.24, 2.45) is 0 Å². The summed E-state index contributed by atoms with van der Waals surface area (Å²) in [6.45, 7) is 0. The van der Waals surface area contributed by atoms with E-state index in [2.05, 4.69) is 0 Å². The predicted octanol–water partition coefficient (Wildman–Crippen LogP) is 2.36. The fourth-order valence-electron chi connectivity index (χ4n) is 1.34. The third-order valence-electron chi connectivity index (χ3n) is 2.30. The largest absolute Gasteiger partial charge is 0.496 e. The number of rotatable bonds is 6. The Kier molecular flexibility index (Phi) is 4.87. The van der Waals surface area contributed by atoms with Crippen molar-refractivity contribution in [1.82, 2.24) is 0 Å². The summed E-state index contributed by atoms with van der Waals surface area (Å²) in [7, 11) is 0.632. The van der Waals surface area contributed by atoms with Crippen LogP contribution in [0.25, 0.3) is 0 Å². The molecule has 0 atom stereocenters. The molecule has 1 aromatic carbocycles. The molecule has 94 valence electrons. The molecule has 6 heteroatoms. The summed E-state index contributed by atoms with van der Waals surface area (Å²) >= 11 is 0. The minimum absolute atomic E-state index is 0.305. The normalized spacial score (nSPS) is 11.2. The molecule has 1 aromatic rings. The van der Waals surface area contributed by atoms with E-state index in [0.29, 0.717) is 11.3 Å². The third-order valence-corrected chi connectivity index (χ3v) is 4.09.